The van der Waals surface area contributed by atoms with Crippen LogP contribution in [0.3, 0.4) is 0 Å². The minimum absolute atomic E-state index is 0.177. The SMILES string of the molecule is CCOC(=O)c1cc(C(F)(F)F)c(C)cc1C(F)(F)F. The number of halogens is 6. The lowest BCUT2D eigenvalue weighted by Gasteiger charge is -2.17. The molecule has 8 heteroatoms. The largest absolute Gasteiger partial charge is 0.462 e. The van der Waals surface area contributed by atoms with Crippen molar-refractivity contribution in [2.24, 2.45) is 0 Å². The van der Waals surface area contributed by atoms with Gasteiger partial charge in [-0.05, 0) is 31.5 Å². The monoisotopic (exact) mass is 300 g/mol. The van der Waals surface area contributed by atoms with Crippen LogP contribution in [0.2, 0.25) is 0 Å². The van der Waals surface area contributed by atoms with Crippen LogP contribution >= 0.6 is 0 Å². The van der Waals surface area contributed by atoms with Crippen LogP contribution in [0, 0.1) is 6.92 Å². The van der Waals surface area contributed by atoms with Gasteiger partial charge in [0, 0.05) is 0 Å². The van der Waals surface area contributed by atoms with E-state index in [1.165, 1.54) is 6.92 Å². The fourth-order valence-corrected chi connectivity index (χ4v) is 1.63. The summed E-state index contributed by atoms with van der Waals surface area (Å²) in [4.78, 5) is 11.4. The summed E-state index contributed by atoms with van der Waals surface area (Å²) >= 11 is 0. The Morgan fingerprint density at radius 3 is 1.95 bits per heavy atom. The molecule has 0 N–H and O–H groups in total. The minimum atomic E-state index is -4.95. The molecule has 20 heavy (non-hydrogen) atoms. The number of rotatable bonds is 2. The Morgan fingerprint density at radius 2 is 1.55 bits per heavy atom. The Hall–Kier alpha value is -1.73. The van der Waals surface area contributed by atoms with Gasteiger partial charge in [-0.25, -0.2) is 4.79 Å². The first-order valence-electron chi connectivity index (χ1n) is 5.44. The summed E-state index contributed by atoms with van der Waals surface area (Å²) in [6.45, 7) is 1.99. The number of alkyl halides is 6. The molecule has 0 spiro atoms. The Labute approximate surface area is 110 Å². The van der Waals surface area contributed by atoms with Gasteiger partial charge >= 0.3 is 18.3 Å². The number of carbonyl (C=O) groups excluding carboxylic acids is 1. The first-order valence-corrected chi connectivity index (χ1v) is 5.44. The van der Waals surface area contributed by atoms with Gasteiger partial charge in [-0.1, -0.05) is 0 Å². The van der Waals surface area contributed by atoms with Gasteiger partial charge in [0.1, 0.15) is 0 Å². The van der Waals surface area contributed by atoms with Crippen LogP contribution in [-0.2, 0) is 17.1 Å². The molecule has 2 nitrogen and oxygen atoms in total. The van der Waals surface area contributed by atoms with Crippen LogP contribution in [0.5, 0.6) is 0 Å². The van der Waals surface area contributed by atoms with Crippen molar-refractivity contribution < 1.29 is 35.9 Å². The molecule has 0 saturated carbocycles. The smallest absolute Gasteiger partial charge is 0.417 e. The average molecular weight is 300 g/mol. The van der Waals surface area contributed by atoms with Crippen LogP contribution in [0.4, 0.5) is 26.3 Å². The highest BCUT2D eigenvalue weighted by Gasteiger charge is 2.40. The Morgan fingerprint density at radius 1 is 1.05 bits per heavy atom. The number of ether oxygens (including phenoxy) is 1. The van der Waals surface area contributed by atoms with Crippen LogP contribution in [0.25, 0.3) is 0 Å². The zero-order valence-corrected chi connectivity index (χ0v) is 10.4. The highest BCUT2D eigenvalue weighted by Crippen LogP contribution is 2.38. The number of aryl methyl sites for hydroxylation is 1. The Kier molecular flexibility index (Phi) is 4.36. The second kappa shape index (κ2) is 5.34. The molecule has 0 heterocycles. The summed E-state index contributed by atoms with van der Waals surface area (Å²) in [6, 6.07) is 0.477. The normalized spacial score (nSPS) is 12.4. The Balaban J connectivity index is 3.55. The second-order valence-corrected chi connectivity index (χ2v) is 3.93. The summed E-state index contributed by atoms with van der Waals surface area (Å²) < 4.78 is 80.7. The molecule has 0 bridgehead atoms. The number of hydrogen-bond donors (Lipinski definition) is 0. The van der Waals surface area contributed by atoms with Crippen molar-refractivity contribution in [3.8, 4) is 0 Å². The van der Waals surface area contributed by atoms with Gasteiger partial charge in [-0.15, -0.1) is 0 Å². The molecule has 1 aromatic carbocycles. The van der Waals surface area contributed by atoms with Gasteiger partial charge in [-0.3, -0.25) is 0 Å². The van der Waals surface area contributed by atoms with Crippen molar-refractivity contribution in [1.29, 1.82) is 0 Å². The molecule has 0 saturated heterocycles. The van der Waals surface area contributed by atoms with E-state index < -0.39 is 40.6 Å². The predicted octanol–water partition coefficient (Wildman–Crippen LogP) is 4.21. The van der Waals surface area contributed by atoms with Crippen molar-refractivity contribution in [3.63, 3.8) is 0 Å². The maximum atomic E-state index is 12.8. The number of benzene rings is 1. The first-order chi connectivity index (χ1) is 8.98. The topological polar surface area (TPSA) is 26.3 Å². The second-order valence-electron chi connectivity index (χ2n) is 3.93. The van der Waals surface area contributed by atoms with Gasteiger partial charge in [0.25, 0.3) is 0 Å². The van der Waals surface area contributed by atoms with E-state index in [0.29, 0.717) is 6.07 Å². The highest BCUT2D eigenvalue weighted by molar-refractivity contribution is 5.91. The maximum Gasteiger partial charge on any atom is 0.417 e. The fraction of sp³-hybridized carbons (Fsp3) is 0.417. The van der Waals surface area contributed by atoms with E-state index in [1.807, 2.05) is 0 Å². The molecular weight excluding hydrogens is 290 g/mol. The third kappa shape index (κ3) is 3.43. The summed E-state index contributed by atoms with van der Waals surface area (Å²) in [5, 5.41) is 0. The summed E-state index contributed by atoms with van der Waals surface area (Å²) in [5.41, 5.74) is -4.50. The molecular formula is C12H10F6O2. The van der Waals surface area contributed by atoms with Crippen molar-refractivity contribution in [1.82, 2.24) is 0 Å². The van der Waals surface area contributed by atoms with E-state index in [9.17, 15) is 31.1 Å². The summed E-state index contributed by atoms with van der Waals surface area (Å²) in [6.07, 6.45) is -9.80. The zero-order chi connectivity index (χ0) is 15.7. The molecule has 1 aromatic rings. The Bertz CT molecular complexity index is 516. The molecule has 0 aliphatic rings. The summed E-state index contributed by atoms with van der Waals surface area (Å²) in [5.74, 6) is -1.44. The number of carbonyl (C=O) groups is 1. The van der Waals surface area contributed by atoms with E-state index in [1.54, 1.807) is 0 Å². The lowest BCUT2D eigenvalue weighted by molar-refractivity contribution is -0.142. The zero-order valence-electron chi connectivity index (χ0n) is 10.4. The number of esters is 1. The third-order valence-corrected chi connectivity index (χ3v) is 2.47. The molecule has 0 aliphatic heterocycles. The lowest BCUT2D eigenvalue weighted by Crippen LogP contribution is -2.18. The lowest BCUT2D eigenvalue weighted by atomic mass is 9.98. The molecule has 0 amide bonds. The predicted molar refractivity (Wildman–Crippen MR) is 57.1 cm³/mol. The van der Waals surface area contributed by atoms with E-state index >= 15 is 0 Å². The van der Waals surface area contributed by atoms with Crippen molar-refractivity contribution in [3.05, 3.63) is 34.4 Å². The standard InChI is InChI=1S/C12H10F6O2/c1-3-20-10(19)7-5-8(11(13,14)15)6(2)4-9(7)12(16,17)18/h4-5H,3H2,1-2H3. The van der Waals surface area contributed by atoms with E-state index in [-0.39, 0.29) is 12.7 Å². The van der Waals surface area contributed by atoms with Gasteiger partial charge < -0.3 is 4.74 Å². The van der Waals surface area contributed by atoms with Gasteiger partial charge in [0.05, 0.1) is 23.3 Å². The molecule has 1 rings (SSSR count). The van der Waals surface area contributed by atoms with Crippen LogP contribution < -0.4 is 0 Å². The van der Waals surface area contributed by atoms with Crippen molar-refractivity contribution in [2.45, 2.75) is 26.2 Å². The van der Waals surface area contributed by atoms with Crippen LogP contribution in [0.15, 0.2) is 12.1 Å². The van der Waals surface area contributed by atoms with E-state index in [2.05, 4.69) is 4.74 Å². The van der Waals surface area contributed by atoms with E-state index in [4.69, 9.17) is 0 Å². The van der Waals surface area contributed by atoms with Crippen molar-refractivity contribution >= 4 is 5.97 Å². The molecule has 0 aromatic heterocycles. The third-order valence-electron chi connectivity index (χ3n) is 2.47. The van der Waals surface area contributed by atoms with Gasteiger partial charge in [-0.2, -0.15) is 26.3 Å². The van der Waals surface area contributed by atoms with E-state index in [0.717, 1.165) is 6.92 Å². The van der Waals surface area contributed by atoms with Crippen molar-refractivity contribution in [2.75, 3.05) is 6.61 Å². The maximum absolute atomic E-state index is 12.8. The van der Waals surface area contributed by atoms with Gasteiger partial charge in [0.15, 0.2) is 0 Å². The first kappa shape index (κ1) is 16.3. The quantitative estimate of drug-likeness (QED) is 0.604. The molecule has 0 unspecified atom stereocenters. The molecule has 0 fully saturated rings. The minimum Gasteiger partial charge on any atom is -0.462 e. The molecule has 0 radical (unpaired) electrons. The highest BCUT2D eigenvalue weighted by atomic mass is 19.4. The van der Waals surface area contributed by atoms with Crippen LogP contribution in [0.1, 0.15) is 34.0 Å². The molecule has 0 aliphatic carbocycles. The summed E-state index contributed by atoms with van der Waals surface area (Å²) in [7, 11) is 0. The molecule has 0 atom stereocenters. The van der Waals surface area contributed by atoms with Gasteiger partial charge in [0.2, 0.25) is 0 Å². The van der Waals surface area contributed by atoms with Crippen LogP contribution in [-0.4, -0.2) is 12.6 Å². The molecule has 112 valence electrons. The number of hydrogen-bond acceptors (Lipinski definition) is 2. The average Bonchev–Trinajstić information content (AvgIpc) is 2.25. The fourth-order valence-electron chi connectivity index (χ4n) is 1.63.